The second-order valence-corrected chi connectivity index (χ2v) is 4.01. The molecule has 0 spiro atoms. The summed E-state index contributed by atoms with van der Waals surface area (Å²) in [6.07, 6.45) is 1.59. The molecule has 0 aliphatic carbocycles. The average Bonchev–Trinajstić information content (AvgIpc) is 3.04. The summed E-state index contributed by atoms with van der Waals surface area (Å²) in [5.74, 6) is 1.36. The van der Waals surface area contributed by atoms with Crippen molar-refractivity contribution in [1.82, 2.24) is 19.9 Å². The molecule has 0 aliphatic heterocycles. The van der Waals surface area contributed by atoms with Crippen LogP contribution in [-0.4, -0.2) is 19.9 Å². The van der Waals surface area contributed by atoms with Crippen molar-refractivity contribution < 1.29 is 4.42 Å². The molecule has 7 nitrogen and oxygen atoms in total. The van der Waals surface area contributed by atoms with Gasteiger partial charge in [-0.25, -0.2) is 4.98 Å². The lowest BCUT2D eigenvalue weighted by Crippen LogP contribution is -2.02. The maximum absolute atomic E-state index is 8.82. The van der Waals surface area contributed by atoms with Crippen molar-refractivity contribution in [2.45, 2.75) is 6.54 Å². The van der Waals surface area contributed by atoms with E-state index in [-0.39, 0.29) is 11.1 Å². The molecule has 3 aromatic rings. The third kappa shape index (κ3) is 2.21. The van der Waals surface area contributed by atoms with Crippen LogP contribution in [0.5, 0.6) is 0 Å². The summed E-state index contributed by atoms with van der Waals surface area (Å²) >= 11 is 5.82. The topological polar surface area (TPSA) is 103 Å². The Hall–Kier alpha value is -2.59. The third-order valence-electron chi connectivity index (χ3n) is 2.43. The van der Waals surface area contributed by atoms with E-state index in [1.54, 1.807) is 12.3 Å². The van der Waals surface area contributed by atoms with Gasteiger partial charge in [-0.2, -0.15) is 15.2 Å². The van der Waals surface area contributed by atoms with Gasteiger partial charge < -0.3 is 14.7 Å². The summed E-state index contributed by atoms with van der Waals surface area (Å²) in [4.78, 5) is 14.9. The number of aromatic nitrogens is 4. The van der Waals surface area contributed by atoms with E-state index in [9.17, 15) is 0 Å². The van der Waals surface area contributed by atoms with Gasteiger partial charge in [0.2, 0.25) is 11.1 Å². The monoisotopic (exact) mass is 274 g/mol. The standard InChI is InChI=1S/C11H7ClN6O/c12-11-17-9(14-5-6-2-1-3-19-6)8-10(18-11)16-7(4-13)15-8/h1-3H,5H2,(H2,14,15,16,17,18). The van der Waals surface area contributed by atoms with Crippen molar-refractivity contribution >= 4 is 28.6 Å². The summed E-state index contributed by atoms with van der Waals surface area (Å²) < 4.78 is 5.20. The Morgan fingerprint density at radius 2 is 2.32 bits per heavy atom. The zero-order chi connectivity index (χ0) is 13.2. The highest BCUT2D eigenvalue weighted by Crippen LogP contribution is 2.20. The molecule has 0 aliphatic rings. The minimum Gasteiger partial charge on any atom is -0.467 e. The number of aromatic amines is 1. The van der Waals surface area contributed by atoms with Gasteiger partial charge in [0.1, 0.15) is 11.8 Å². The van der Waals surface area contributed by atoms with Crippen LogP contribution in [-0.2, 0) is 6.54 Å². The van der Waals surface area contributed by atoms with Gasteiger partial charge in [0, 0.05) is 0 Å². The molecule has 0 unspecified atom stereocenters. The Balaban J connectivity index is 1.97. The number of imidazole rings is 1. The second-order valence-electron chi connectivity index (χ2n) is 3.67. The maximum atomic E-state index is 8.82. The lowest BCUT2D eigenvalue weighted by molar-refractivity contribution is 0.518. The molecule has 3 rings (SSSR count). The average molecular weight is 275 g/mol. The molecule has 2 N–H and O–H groups in total. The molecular formula is C11H7ClN6O. The van der Waals surface area contributed by atoms with Gasteiger partial charge >= 0.3 is 0 Å². The fourth-order valence-electron chi connectivity index (χ4n) is 1.63. The number of anilines is 1. The van der Waals surface area contributed by atoms with Crippen molar-refractivity contribution in [1.29, 1.82) is 5.26 Å². The van der Waals surface area contributed by atoms with Gasteiger partial charge in [0.25, 0.3) is 0 Å². The summed E-state index contributed by atoms with van der Waals surface area (Å²) in [5.41, 5.74) is 0.881. The van der Waals surface area contributed by atoms with E-state index in [0.29, 0.717) is 23.5 Å². The number of hydrogen-bond acceptors (Lipinski definition) is 6. The fraction of sp³-hybridized carbons (Fsp3) is 0.0909. The van der Waals surface area contributed by atoms with E-state index in [1.807, 2.05) is 12.1 Å². The molecule has 0 fully saturated rings. The summed E-state index contributed by atoms with van der Waals surface area (Å²) in [7, 11) is 0. The summed E-state index contributed by atoms with van der Waals surface area (Å²) in [6, 6.07) is 5.53. The van der Waals surface area contributed by atoms with Crippen LogP contribution in [0.4, 0.5) is 5.82 Å². The normalized spacial score (nSPS) is 10.5. The van der Waals surface area contributed by atoms with Crippen LogP contribution in [0, 0.1) is 11.3 Å². The van der Waals surface area contributed by atoms with Crippen molar-refractivity contribution in [2.75, 3.05) is 5.32 Å². The van der Waals surface area contributed by atoms with E-state index in [0.717, 1.165) is 5.76 Å². The second kappa shape index (κ2) is 4.59. The quantitative estimate of drug-likeness (QED) is 0.709. The number of H-pyrrole nitrogens is 1. The smallest absolute Gasteiger partial charge is 0.226 e. The molecule has 0 saturated carbocycles. The number of nitriles is 1. The predicted octanol–water partition coefficient (Wildman–Crippen LogP) is 2.08. The first-order valence-electron chi connectivity index (χ1n) is 5.36. The molecule has 0 aromatic carbocycles. The fourth-order valence-corrected chi connectivity index (χ4v) is 1.80. The lowest BCUT2D eigenvalue weighted by Gasteiger charge is -2.03. The number of nitrogens with zero attached hydrogens (tertiary/aromatic N) is 4. The first-order valence-corrected chi connectivity index (χ1v) is 5.73. The van der Waals surface area contributed by atoms with Crippen LogP contribution in [0.3, 0.4) is 0 Å². The van der Waals surface area contributed by atoms with Gasteiger partial charge in [-0.15, -0.1) is 0 Å². The van der Waals surface area contributed by atoms with Crippen LogP contribution in [0.15, 0.2) is 22.8 Å². The Morgan fingerprint density at radius 1 is 1.42 bits per heavy atom. The van der Waals surface area contributed by atoms with Gasteiger partial charge in [0.05, 0.1) is 12.8 Å². The maximum Gasteiger partial charge on any atom is 0.226 e. The number of rotatable bonds is 3. The number of furan rings is 1. The Kier molecular flexibility index (Phi) is 2.78. The van der Waals surface area contributed by atoms with Gasteiger partial charge in [0.15, 0.2) is 17.0 Å². The Morgan fingerprint density at radius 3 is 3.05 bits per heavy atom. The van der Waals surface area contributed by atoms with Crippen LogP contribution in [0.2, 0.25) is 5.28 Å². The number of halogens is 1. The zero-order valence-electron chi connectivity index (χ0n) is 9.51. The molecule has 3 aromatic heterocycles. The molecule has 0 saturated heterocycles. The highest BCUT2D eigenvalue weighted by molar-refractivity contribution is 6.28. The summed E-state index contributed by atoms with van der Waals surface area (Å²) in [5, 5.41) is 11.9. The molecule has 0 bridgehead atoms. The largest absolute Gasteiger partial charge is 0.467 e. The highest BCUT2D eigenvalue weighted by Gasteiger charge is 2.12. The molecular weight excluding hydrogens is 268 g/mol. The van der Waals surface area contributed by atoms with Gasteiger partial charge in [-0.3, -0.25) is 0 Å². The lowest BCUT2D eigenvalue weighted by atomic mass is 10.4. The Labute approximate surface area is 112 Å². The van der Waals surface area contributed by atoms with Crippen molar-refractivity contribution in [3.8, 4) is 6.07 Å². The van der Waals surface area contributed by atoms with Crippen LogP contribution < -0.4 is 5.32 Å². The highest BCUT2D eigenvalue weighted by atomic mass is 35.5. The van der Waals surface area contributed by atoms with E-state index in [1.165, 1.54) is 0 Å². The minimum absolute atomic E-state index is 0.0718. The molecule has 0 atom stereocenters. The molecule has 0 amide bonds. The first kappa shape index (κ1) is 11.5. The van der Waals surface area contributed by atoms with Crippen LogP contribution in [0.1, 0.15) is 11.6 Å². The van der Waals surface area contributed by atoms with E-state index >= 15 is 0 Å². The molecule has 19 heavy (non-hydrogen) atoms. The van der Waals surface area contributed by atoms with Gasteiger partial charge in [-0.05, 0) is 23.7 Å². The number of fused-ring (bicyclic) bond motifs is 1. The third-order valence-corrected chi connectivity index (χ3v) is 2.60. The molecule has 94 valence electrons. The van der Waals surface area contributed by atoms with Crippen LogP contribution in [0.25, 0.3) is 11.2 Å². The van der Waals surface area contributed by atoms with Crippen molar-refractivity contribution in [2.24, 2.45) is 0 Å². The predicted molar refractivity (Wildman–Crippen MR) is 67.4 cm³/mol. The molecule has 0 radical (unpaired) electrons. The minimum atomic E-state index is 0.0718. The van der Waals surface area contributed by atoms with Crippen molar-refractivity contribution in [3.63, 3.8) is 0 Å². The SMILES string of the molecule is N#Cc1nc2c(NCc3ccco3)nc(Cl)nc2[nH]1. The zero-order valence-corrected chi connectivity index (χ0v) is 10.3. The Bertz CT molecular complexity index is 757. The summed E-state index contributed by atoms with van der Waals surface area (Å²) in [6.45, 7) is 0.435. The number of nitrogens with one attached hydrogen (secondary N) is 2. The van der Waals surface area contributed by atoms with E-state index in [4.69, 9.17) is 21.3 Å². The number of hydrogen-bond donors (Lipinski definition) is 2. The molecule has 8 heteroatoms. The van der Waals surface area contributed by atoms with E-state index in [2.05, 4.69) is 25.3 Å². The molecule has 3 heterocycles. The first-order chi connectivity index (χ1) is 9.26. The van der Waals surface area contributed by atoms with Crippen LogP contribution >= 0.6 is 11.6 Å². The van der Waals surface area contributed by atoms with E-state index < -0.39 is 0 Å². The van der Waals surface area contributed by atoms with Gasteiger partial charge in [-0.1, -0.05) is 0 Å². The van der Waals surface area contributed by atoms with Crippen molar-refractivity contribution in [3.05, 3.63) is 35.3 Å².